The van der Waals surface area contributed by atoms with Gasteiger partial charge in [0.25, 0.3) is 0 Å². The second-order valence-electron chi connectivity index (χ2n) is 4.19. The Morgan fingerprint density at radius 2 is 2.38 bits per heavy atom. The summed E-state index contributed by atoms with van der Waals surface area (Å²) in [6.45, 7) is 3.09. The average molecular weight is 241 g/mol. The number of hydrogen-bond acceptors (Lipinski definition) is 4. The summed E-state index contributed by atoms with van der Waals surface area (Å²) in [6.07, 6.45) is 5.87. The lowest BCUT2D eigenvalue weighted by molar-refractivity contribution is 0.186. The topological polar surface area (TPSA) is 41.0 Å². The minimum absolute atomic E-state index is 0.454. The molecule has 0 aliphatic carbocycles. The maximum Gasteiger partial charge on any atom is 0.147 e. The van der Waals surface area contributed by atoms with Crippen molar-refractivity contribution in [1.82, 2.24) is 20.2 Å². The molecule has 5 heteroatoms. The number of likely N-dealkylation sites (N-methyl/N-ethyl adjacent to an activating group) is 1. The van der Waals surface area contributed by atoms with E-state index in [-0.39, 0.29) is 0 Å². The summed E-state index contributed by atoms with van der Waals surface area (Å²) in [4.78, 5) is 10.7. The third-order valence-corrected chi connectivity index (χ3v) is 3.17. The largest absolute Gasteiger partial charge is 0.316 e. The molecule has 1 aromatic heterocycles. The maximum atomic E-state index is 5.70. The van der Waals surface area contributed by atoms with E-state index in [1.807, 2.05) is 7.05 Å². The molecule has 1 saturated heterocycles. The SMILES string of the molecule is CNC1CCCN(Cc2cnc(Cl)cn2)C1. The van der Waals surface area contributed by atoms with Crippen molar-refractivity contribution in [2.45, 2.75) is 25.4 Å². The van der Waals surface area contributed by atoms with Crippen LogP contribution in [0.5, 0.6) is 0 Å². The van der Waals surface area contributed by atoms with E-state index in [9.17, 15) is 0 Å². The van der Waals surface area contributed by atoms with Crippen LogP contribution in [0.15, 0.2) is 12.4 Å². The molecule has 1 aliphatic rings. The van der Waals surface area contributed by atoms with Crippen molar-refractivity contribution in [3.8, 4) is 0 Å². The second-order valence-corrected chi connectivity index (χ2v) is 4.58. The highest BCUT2D eigenvalue weighted by Gasteiger charge is 2.18. The highest BCUT2D eigenvalue weighted by atomic mass is 35.5. The molecule has 88 valence electrons. The number of nitrogens with zero attached hydrogens (tertiary/aromatic N) is 3. The smallest absolute Gasteiger partial charge is 0.147 e. The van der Waals surface area contributed by atoms with Crippen molar-refractivity contribution in [3.63, 3.8) is 0 Å². The van der Waals surface area contributed by atoms with Gasteiger partial charge in [0.15, 0.2) is 0 Å². The Morgan fingerprint density at radius 1 is 1.50 bits per heavy atom. The van der Waals surface area contributed by atoms with Crippen molar-refractivity contribution in [2.24, 2.45) is 0 Å². The normalized spacial score (nSPS) is 22.2. The first-order valence-corrected chi connectivity index (χ1v) is 6.02. The zero-order chi connectivity index (χ0) is 11.4. The fourth-order valence-corrected chi connectivity index (χ4v) is 2.18. The van der Waals surface area contributed by atoms with Gasteiger partial charge in [0.2, 0.25) is 0 Å². The summed E-state index contributed by atoms with van der Waals surface area (Å²) in [5, 5.41) is 3.78. The van der Waals surface area contributed by atoms with Gasteiger partial charge in [0.1, 0.15) is 5.15 Å². The van der Waals surface area contributed by atoms with Gasteiger partial charge in [-0.15, -0.1) is 0 Å². The zero-order valence-corrected chi connectivity index (χ0v) is 10.2. The number of aromatic nitrogens is 2. The van der Waals surface area contributed by atoms with Crippen molar-refractivity contribution < 1.29 is 0 Å². The van der Waals surface area contributed by atoms with E-state index < -0.39 is 0 Å². The molecular formula is C11H17ClN4. The van der Waals surface area contributed by atoms with E-state index in [0.29, 0.717) is 11.2 Å². The van der Waals surface area contributed by atoms with Crippen LogP contribution in [0.2, 0.25) is 5.15 Å². The predicted molar refractivity (Wildman–Crippen MR) is 64.4 cm³/mol. The number of piperidine rings is 1. The molecule has 0 aromatic carbocycles. The molecule has 1 aliphatic heterocycles. The second kappa shape index (κ2) is 5.57. The molecule has 2 rings (SSSR count). The minimum Gasteiger partial charge on any atom is -0.316 e. The molecular weight excluding hydrogens is 224 g/mol. The van der Waals surface area contributed by atoms with E-state index in [4.69, 9.17) is 11.6 Å². The van der Waals surface area contributed by atoms with E-state index in [1.54, 1.807) is 12.4 Å². The summed E-state index contributed by atoms with van der Waals surface area (Å²) >= 11 is 5.70. The predicted octanol–water partition coefficient (Wildman–Crippen LogP) is 1.31. The van der Waals surface area contributed by atoms with Crippen molar-refractivity contribution in [2.75, 3.05) is 20.1 Å². The van der Waals surface area contributed by atoms with Gasteiger partial charge in [0, 0.05) is 19.1 Å². The van der Waals surface area contributed by atoms with Crippen molar-refractivity contribution in [1.29, 1.82) is 0 Å². The Morgan fingerprint density at radius 3 is 3.06 bits per heavy atom. The van der Waals surface area contributed by atoms with Crippen molar-refractivity contribution in [3.05, 3.63) is 23.2 Å². The van der Waals surface area contributed by atoms with Crippen LogP contribution in [0.3, 0.4) is 0 Å². The quantitative estimate of drug-likeness (QED) is 0.865. The lowest BCUT2D eigenvalue weighted by Crippen LogP contribution is -2.43. The van der Waals surface area contributed by atoms with E-state index >= 15 is 0 Å². The molecule has 0 amide bonds. The van der Waals surface area contributed by atoms with Crippen LogP contribution in [-0.4, -0.2) is 41.0 Å². The fourth-order valence-electron chi connectivity index (χ4n) is 2.08. The van der Waals surface area contributed by atoms with Crippen LogP contribution >= 0.6 is 11.6 Å². The van der Waals surface area contributed by atoms with Crippen LogP contribution in [0.1, 0.15) is 18.5 Å². The number of halogens is 1. The highest BCUT2D eigenvalue weighted by Crippen LogP contribution is 2.12. The van der Waals surface area contributed by atoms with Crippen LogP contribution in [0.4, 0.5) is 0 Å². The van der Waals surface area contributed by atoms with Crippen LogP contribution in [-0.2, 0) is 6.54 Å². The van der Waals surface area contributed by atoms with E-state index in [0.717, 1.165) is 25.3 Å². The first kappa shape index (κ1) is 11.8. The molecule has 1 unspecified atom stereocenters. The standard InChI is InChI=1S/C11H17ClN4/c1-13-9-3-2-4-16(7-9)8-10-5-15-11(12)6-14-10/h5-6,9,13H,2-4,7-8H2,1H3. The summed E-state index contributed by atoms with van der Waals surface area (Å²) in [7, 11) is 2.02. The van der Waals surface area contributed by atoms with Gasteiger partial charge in [-0.3, -0.25) is 9.88 Å². The fraction of sp³-hybridized carbons (Fsp3) is 0.636. The summed E-state index contributed by atoms with van der Waals surface area (Å²) in [5.41, 5.74) is 0.987. The number of likely N-dealkylation sites (tertiary alicyclic amines) is 1. The molecule has 1 aromatic rings. The van der Waals surface area contributed by atoms with E-state index in [1.165, 1.54) is 12.8 Å². The lowest BCUT2D eigenvalue weighted by atomic mass is 10.1. The van der Waals surface area contributed by atoms with Gasteiger partial charge in [-0.25, -0.2) is 4.98 Å². The molecule has 2 heterocycles. The Hall–Kier alpha value is -0.710. The van der Waals surface area contributed by atoms with Crippen LogP contribution in [0.25, 0.3) is 0 Å². The van der Waals surface area contributed by atoms with Crippen LogP contribution < -0.4 is 5.32 Å². The minimum atomic E-state index is 0.454. The molecule has 1 atom stereocenters. The maximum absolute atomic E-state index is 5.70. The third-order valence-electron chi connectivity index (χ3n) is 2.97. The molecule has 1 N–H and O–H groups in total. The Labute approximate surface area is 101 Å². The van der Waals surface area contributed by atoms with Crippen LogP contribution in [0, 0.1) is 0 Å². The first-order chi connectivity index (χ1) is 7.78. The average Bonchev–Trinajstić information content (AvgIpc) is 2.32. The Kier molecular flexibility index (Phi) is 4.09. The lowest BCUT2D eigenvalue weighted by Gasteiger charge is -2.32. The zero-order valence-electron chi connectivity index (χ0n) is 9.49. The van der Waals surface area contributed by atoms with Gasteiger partial charge >= 0.3 is 0 Å². The summed E-state index contributed by atoms with van der Waals surface area (Å²) < 4.78 is 0. The van der Waals surface area contributed by atoms with E-state index in [2.05, 4.69) is 20.2 Å². The van der Waals surface area contributed by atoms with Gasteiger partial charge in [-0.05, 0) is 26.4 Å². The third kappa shape index (κ3) is 3.14. The molecule has 0 bridgehead atoms. The molecule has 16 heavy (non-hydrogen) atoms. The molecule has 0 spiro atoms. The van der Waals surface area contributed by atoms with Crippen molar-refractivity contribution >= 4 is 11.6 Å². The first-order valence-electron chi connectivity index (χ1n) is 5.64. The Balaban J connectivity index is 1.91. The highest BCUT2D eigenvalue weighted by molar-refractivity contribution is 6.29. The number of rotatable bonds is 3. The molecule has 0 radical (unpaired) electrons. The monoisotopic (exact) mass is 240 g/mol. The van der Waals surface area contributed by atoms with Gasteiger partial charge in [-0.2, -0.15) is 0 Å². The number of nitrogens with one attached hydrogen (secondary N) is 1. The summed E-state index contributed by atoms with van der Waals surface area (Å²) in [5.74, 6) is 0. The van der Waals surface area contributed by atoms with Gasteiger partial charge < -0.3 is 5.32 Å². The Bertz CT molecular complexity index is 327. The summed E-state index contributed by atoms with van der Waals surface area (Å²) in [6, 6.07) is 0.606. The molecule has 0 saturated carbocycles. The van der Waals surface area contributed by atoms with Gasteiger partial charge in [-0.1, -0.05) is 11.6 Å². The number of hydrogen-bond donors (Lipinski definition) is 1. The van der Waals surface area contributed by atoms with Gasteiger partial charge in [0.05, 0.1) is 18.1 Å². The molecule has 4 nitrogen and oxygen atoms in total. The molecule has 1 fully saturated rings.